The van der Waals surface area contributed by atoms with Gasteiger partial charge in [-0.25, -0.2) is 4.79 Å². The van der Waals surface area contributed by atoms with Gasteiger partial charge in [-0.1, -0.05) is 12.8 Å². The largest absolute Gasteiger partial charge is 0.465 e. The Labute approximate surface area is 89.5 Å². The van der Waals surface area contributed by atoms with Crippen LogP contribution >= 0.6 is 0 Å². The van der Waals surface area contributed by atoms with Gasteiger partial charge in [-0.15, -0.1) is 0 Å². The maximum Gasteiger partial charge on any atom is 0.407 e. The van der Waals surface area contributed by atoms with Crippen LogP contribution in [0.2, 0.25) is 0 Å². The second-order valence-corrected chi connectivity index (χ2v) is 4.81. The first-order valence-electron chi connectivity index (χ1n) is 5.54. The van der Waals surface area contributed by atoms with Crippen molar-refractivity contribution in [3.05, 3.63) is 0 Å². The Morgan fingerprint density at radius 2 is 2.07 bits per heavy atom. The number of hydrogen-bond donors (Lipinski definition) is 1. The number of hydrogen-bond acceptors (Lipinski definition) is 2. The molecule has 2 fully saturated rings. The summed E-state index contributed by atoms with van der Waals surface area (Å²) >= 11 is 0. The summed E-state index contributed by atoms with van der Waals surface area (Å²) in [7, 11) is 0. The summed E-state index contributed by atoms with van der Waals surface area (Å²) in [5, 5.41) is 18.0. The van der Waals surface area contributed by atoms with E-state index in [2.05, 4.69) is 6.07 Å². The summed E-state index contributed by atoms with van der Waals surface area (Å²) in [6.45, 7) is 1.05. The molecule has 0 atom stereocenters. The summed E-state index contributed by atoms with van der Waals surface area (Å²) in [4.78, 5) is 12.2. The van der Waals surface area contributed by atoms with Gasteiger partial charge in [0.15, 0.2) is 0 Å². The number of likely N-dealkylation sites (tertiary alicyclic amines) is 1. The van der Waals surface area contributed by atoms with E-state index < -0.39 is 6.09 Å². The van der Waals surface area contributed by atoms with Crippen LogP contribution < -0.4 is 0 Å². The maximum atomic E-state index is 10.7. The number of nitrogens with zero attached hydrogens (tertiary/aromatic N) is 2. The predicted octanol–water partition coefficient (Wildman–Crippen LogP) is 2.07. The summed E-state index contributed by atoms with van der Waals surface area (Å²) < 4.78 is 0. The number of carbonyl (C=O) groups is 1. The van der Waals surface area contributed by atoms with Crippen LogP contribution in [0.1, 0.15) is 32.1 Å². The average Bonchev–Trinajstić information content (AvgIpc) is 3.02. The second-order valence-electron chi connectivity index (χ2n) is 4.81. The summed E-state index contributed by atoms with van der Waals surface area (Å²) in [5.74, 6) is 0.737. The SMILES string of the molecule is N#CC1(CC2CC2)CCN(C(=O)O)CC1. The lowest BCUT2D eigenvalue weighted by Gasteiger charge is -2.36. The fourth-order valence-electron chi connectivity index (χ4n) is 2.36. The third kappa shape index (κ3) is 2.23. The number of amides is 1. The van der Waals surface area contributed by atoms with Crippen LogP contribution in [0.5, 0.6) is 0 Å². The van der Waals surface area contributed by atoms with Crippen molar-refractivity contribution in [3.8, 4) is 6.07 Å². The van der Waals surface area contributed by atoms with Crippen molar-refractivity contribution >= 4 is 6.09 Å². The molecule has 82 valence electrons. The van der Waals surface area contributed by atoms with Crippen molar-refractivity contribution in [3.63, 3.8) is 0 Å². The summed E-state index contributed by atoms with van der Waals surface area (Å²) in [6, 6.07) is 2.43. The fraction of sp³-hybridized carbons (Fsp3) is 0.818. The van der Waals surface area contributed by atoms with Crippen LogP contribution in [-0.4, -0.2) is 29.2 Å². The van der Waals surface area contributed by atoms with Crippen LogP contribution in [0.3, 0.4) is 0 Å². The van der Waals surface area contributed by atoms with Gasteiger partial charge in [0.1, 0.15) is 0 Å². The van der Waals surface area contributed by atoms with Crippen LogP contribution in [0.4, 0.5) is 4.79 Å². The normalized spacial score (nSPS) is 24.6. The van der Waals surface area contributed by atoms with Crippen molar-refractivity contribution in [2.75, 3.05) is 13.1 Å². The molecule has 2 aliphatic rings. The van der Waals surface area contributed by atoms with Crippen molar-refractivity contribution in [1.82, 2.24) is 4.90 Å². The van der Waals surface area contributed by atoms with E-state index in [0.717, 1.165) is 12.3 Å². The Balaban J connectivity index is 1.93. The van der Waals surface area contributed by atoms with E-state index in [9.17, 15) is 10.1 Å². The number of rotatable bonds is 2. The Bertz CT molecular complexity index is 296. The van der Waals surface area contributed by atoms with Gasteiger partial charge >= 0.3 is 6.09 Å². The van der Waals surface area contributed by atoms with Crippen LogP contribution in [0.15, 0.2) is 0 Å². The van der Waals surface area contributed by atoms with E-state index in [4.69, 9.17) is 5.11 Å². The monoisotopic (exact) mass is 208 g/mol. The molecule has 1 N–H and O–H groups in total. The van der Waals surface area contributed by atoms with Gasteiger partial charge in [0.2, 0.25) is 0 Å². The third-order valence-corrected chi connectivity index (χ3v) is 3.60. The molecule has 0 spiro atoms. The zero-order valence-electron chi connectivity index (χ0n) is 8.78. The molecule has 0 bridgehead atoms. The van der Waals surface area contributed by atoms with E-state index >= 15 is 0 Å². The molecular formula is C11H16N2O2. The fourth-order valence-corrected chi connectivity index (χ4v) is 2.36. The lowest BCUT2D eigenvalue weighted by Crippen LogP contribution is -2.42. The van der Waals surface area contributed by atoms with Crippen molar-refractivity contribution in [1.29, 1.82) is 5.26 Å². The minimum Gasteiger partial charge on any atom is -0.465 e. The molecule has 2 rings (SSSR count). The smallest absolute Gasteiger partial charge is 0.407 e. The molecule has 0 aromatic heterocycles. The molecule has 1 saturated carbocycles. The molecule has 1 aliphatic heterocycles. The first kappa shape index (κ1) is 10.3. The zero-order valence-corrected chi connectivity index (χ0v) is 8.78. The molecule has 1 saturated heterocycles. The molecule has 1 amide bonds. The van der Waals surface area contributed by atoms with Crippen molar-refractivity contribution in [2.45, 2.75) is 32.1 Å². The minimum absolute atomic E-state index is 0.229. The van der Waals surface area contributed by atoms with E-state index in [1.807, 2.05) is 0 Å². The standard InChI is InChI=1S/C11H16N2O2/c12-8-11(7-9-1-2-9)3-5-13(6-4-11)10(14)15/h9H,1-7H2,(H,14,15). The highest BCUT2D eigenvalue weighted by atomic mass is 16.4. The molecule has 0 radical (unpaired) electrons. The van der Waals surface area contributed by atoms with E-state index in [1.54, 1.807) is 0 Å². The van der Waals surface area contributed by atoms with Crippen molar-refractivity contribution < 1.29 is 9.90 Å². The molecular weight excluding hydrogens is 192 g/mol. The topological polar surface area (TPSA) is 64.3 Å². The Kier molecular flexibility index (Phi) is 2.56. The van der Waals surface area contributed by atoms with Crippen LogP contribution in [0, 0.1) is 22.7 Å². The Morgan fingerprint density at radius 1 is 1.47 bits per heavy atom. The van der Waals surface area contributed by atoms with Gasteiger partial charge in [0.25, 0.3) is 0 Å². The Hall–Kier alpha value is -1.24. The van der Waals surface area contributed by atoms with E-state index in [-0.39, 0.29) is 5.41 Å². The highest BCUT2D eigenvalue weighted by molar-refractivity contribution is 5.65. The summed E-state index contributed by atoms with van der Waals surface area (Å²) in [6.07, 6.45) is 4.07. The van der Waals surface area contributed by atoms with E-state index in [0.29, 0.717) is 25.9 Å². The molecule has 0 aromatic carbocycles. The van der Waals surface area contributed by atoms with Gasteiger partial charge in [0, 0.05) is 13.1 Å². The minimum atomic E-state index is -0.854. The highest BCUT2D eigenvalue weighted by Crippen LogP contribution is 2.45. The van der Waals surface area contributed by atoms with Gasteiger partial charge < -0.3 is 10.0 Å². The quantitative estimate of drug-likeness (QED) is 0.755. The van der Waals surface area contributed by atoms with Gasteiger partial charge in [0.05, 0.1) is 11.5 Å². The van der Waals surface area contributed by atoms with Gasteiger partial charge in [-0.2, -0.15) is 5.26 Å². The average molecular weight is 208 g/mol. The van der Waals surface area contributed by atoms with E-state index in [1.165, 1.54) is 17.7 Å². The van der Waals surface area contributed by atoms with Gasteiger partial charge in [-0.05, 0) is 25.2 Å². The second kappa shape index (κ2) is 3.73. The van der Waals surface area contributed by atoms with Gasteiger partial charge in [-0.3, -0.25) is 0 Å². The number of carboxylic acid groups (broad SMARTS) is 1. The number of nitriles is 1. The third-order valence-electron chi connectivity index (χ3n) is 3.60. The lowest BCUT2D eigenvalue weighted by molar-refractivity contribution is 0.105. The Morgan fingerprint density at radius 3 is 2.47 bits per heavy atom. The van der Waals surface area contributed by atoms with Crippen LogP contribution in [0.25, 0.3) is 0 Å². The van der Waals surface area contributed by atoms with Crippen LogP contribution in [-0.2, 0) is 0 Å². The van der Waals surface area contributed by atoms with Crippen molar-refractivity contribution in [2.24, 2.45) is 11.3 Å². The first-order valence-corrected chi connectivity index (χ1v) is 5.54. The maximum absolute atomic E-state index is 10.7. The molecule has 15 heavy (non-hydrogen) atoms. The molecule has 4 heteroatoms. The zero-order chi connectivity index (χ0) is 10.9. The summed E-state index contributed by atoms with van der Waals surface area (Å²) in [5.41, 5.74) is -0.229. The molecule has 1 aliphatic carbocycles. The molecule has 0 unspecified atom stereocenters. The molecule has 0 aromatic rings. The molecule has 4 nitrogen and oxygen atoms in total. The number of piperidine rings is 1. The lowest BCUT2D eigenvalue weighted by atomic mass is 9.75. The molecule has 1 heterocycles. The highest BCUT2D eigenvalue weighted by Gasteiger charge is 2.40. The predicted molar refractivity (Wildman–Crippen MR) is 54.2 cm³/mol. The first-order chi connectivity index (χ1) is 7.15.